The minimum Gasteiger partial charge on any atom is -0.492 e. The highest BCUT2D eigenvalue weighted by molar-refractivity contribution is 6.00. The number of H-pyrrole nitrogens is 1. The van der Waals surface area contributed by atoms with Crippen LogP contribution in [0.2, 0.25) is 0 Å². The molecule has 2 fully saturated rings. The van der Waals surface area contributed by atoms with E-state index < -0.39 is 11.6 Å². The van der Waals surface area contributed by atoms with Gasteiger partial charge >= 0.3 is 0 Å². The molecule has 9 nitrogen and oxygen atoms in total. The summed E-state index contributed by atoms with van der Waals surface area (Å²) in [5.41, 5.74) is 1.97. The van der Waals surface area contributed by atoms with Crippen molar-refractivity contribution in [3.63, 3.8) is 0 Å². The number of amides is 1. The number of anilines is 1. The van der Waals surface area contributed by atoms with Gasteiger partial charge < -0.3 is 15.0 Å². The molecule has 2 aliphatic rings. The molecule has 1 aliphatic carbocycles. The first-order chi connectivity index (χ1) is 16.5. The molecule has 2 N–H and O–H groups in total. The summed E-state index contributed by atoms with van der Waals surface area (Å²) >= 11 is 0. The minimum atomic E-state index is -1.61. The van der Waals surface area contributed by atoms with Crippen LogP contribution in [0.1, 0.15) is 32.6 Å². The third-order valence-electron chi connectivity index (χ3n) is 6.72. The third-order valence-corrected chi connectivity index (χ3v) is 6.72. The first-order valence-electron chi connectivity index (χ1n) is 11.7. The number of aromatic amines is 1. The zero-order valence-corrected chi connectivity index (χ0v) is 18.9. The number of nitrogens with zero attached hydrogens (tertiary/aromatic N) is 5. The second-order valence-electron chi connectivity index (χ2n) is 9.05. The lowest BCUT2D eigenvalue weighted by molar-refractivity contribution is -0.128. The van der Waals surface area contributed by atoms with Crippen molar-refractivity contribution in [1.29, 1.82) is 0 Å². The van der Waals surface area contributed by atoms with Crippen molar-refractivity contribution in [1.82, 2.24) is 30.1 Å². The van der Waals surface area contributed by atoms with Gasteiger partial charge in [-0.3, -0.25) is 9.89 Å². The molecule has 0 spiro atoms. The lowest BCUT2D eigenvalue weighted by atomic mass is 10.0. The molecule has 0 unspecified atom stereocenters. The van der Waals surface area contributed by atoms with Crippen LogP contribution in [-0.2, 0) is 4.79 Å². The summed E-state index contributed by atoms with van der Waals surface area (Å²) in [4.78, 5) is 18.9. The number of nitrogens with one attached hydrogen (secondary N) is 2. The highest BCUT2D eigenvalue weighted by Gasteiger charge is 2.51. The van der Waals surface area contributed by atoms with Crippen molar-refractivity contribution in [2.75, 3.05) is 24.6 Å². The molecule has 4 aromatic rings. The standard InChI is InChI=1S/C24H26FN7O2/c1-2-34-17-11-18(21-19-13-27-29-22(19)30-32(21)14-17)15-3-4-20(26-12-15)31-9-5-16(6-10-31)28-23(33)24(25)7-8-24/h3-4,11-14,16H,2,5-10H2,1H3,(H,28,33)(H,29,30). The fourth-order valence-corrected chi connectivity index (χ4v) is 4.64. The van der Waals surface area contributed by atoms with Gasteiger partial charge in [0.1, 0.15) is 11.6 Å². The summed E-state index contributed by atoms with van der Waals surface area (Å²) < 4.78 is 21.5. The van der Waals surface area contributed by atoms with E-state index in [1.165, 1.54) is 0 Å². The van der Waals surface area contributed by atoms with Gasteiger partial charge in [0.25, 0.3) is 5.91 Å². The summed E-state index contributed by atoms with van der Waals surface area (Å²) in [7, 11) is 0. The molecule has 1 amide bonds. The molecule has 34 heavy (non-hydrogen) atoms. The second kappa shape index (κ2) is 7.96. The van der Waals surface area contributed by atoms with Gasteiger partial charge in [-0.15, -0.1) is 5.10 Å². The number of halogens is 1. The molecule has 1 aliphatic heterocycles. The maximum atomic E-state index is 13.9. The Morgan fingerprint density at radius 1 is 1.29 bits per heavy atom. The van der Waals surface area contributed by atoms with E-state index in [1.54, 1.807) is 6.20 Å². The molecule has 0 aromatic carbocycles. The van der Waals surface area contributed by atoms with E-state index in [-0.39, 0.29) is 6.04 Å². The number of piperidine rings is 1. The van der Waals surface area contributed by atoms with Crippen LogP contribution in [0, 0.1) is 0 Å². The number of ether oxygens (including phenoxy) is 1. The number of pyridine rings is 2. The fourth-order valence-electron chi connectivity index (χ4n) is 4.64. The molecular weight excluding hydrogens is 437 g/mol. The molecule has 0 radical (unpaired) electrons. The summed E-state index contributed by atoms with van der Waals surface area (Å²) in [5, 5.41) is 15.4. The van der Waals surface area contributed by atoms with E-state index in [4.69, 9.17) is 9.72 Å². The summed E-state index contributed by atoms with van der Waals surface area (Å²) in [6.45, 7) is 4.04. The molecule has 0 bridgehead atoms. The first kappa shape index (κ1) is 20.9. The van der Waals surface area contributed by atoms with Crippen LogP contribution < -0.4 is 15.0 Å². The Balaban J connectivity index is 1.22. The van der Waals surface area contributed by atoms with E-state index in [0.717, 1.165) is 65.2 Å². The lowest BCUT2D eigenvalue weighted by Gasteiger charge is -2.33. The van der Waals surface area contributed by atoms with Crippen molar-refractivity contribution >= 4 is 28.3 Å². The molecule has 176 valence electrons. The van der Waals surface area contributed by atoms with Crippen molar-refractivity contribution in [3.8, 4) is 16.9 Å². The highest BCUT2D eigenvalue weighted by atomic mass is 19.1. The largest absolute Gasteiger partial charge is 0.492 e. The van der Waals surface area contributed by atoms with E-state index >= 15 is 0 Å². The normalized spacial score (nSPS) is 17.9. The Kier molecular flexibility index (Phi) is 4.89. The maximum Gasteiger partial charge on any atom is 0.257 e. The van der Waals surface area contributed by atoms with Gasteiger partial charge in [-0.25, -0.2) is 13.9 Å². The average Bonchev–Trinajstić information content (AvgIpc) is 3.29. The van der Waals surface area contributed by atoms with Crippen LogP contribution >= 0.6 is 0 Å². The van der Waals surface area contributed by atoms with Crippen LogP contribution in [0.15, 0.2) is 36.8 Å². The average molecular weight is 464 g/mol. The Hall–Kier alpha value is -3.69. The zero-order valence-electron chi connectivity index (χ0n) is 18.9. The van der Waals surface area contributed by atoms with Gasteiger partial charge in [-0.1, -0.05) is 0 Å². The van der Waals surface area contributed by atoms with Crippen LogP contribution in [-0.4, -0.2) is 62.1 Å². The molecule has 1 saturated carbocycles. The first-order valence-corrected chi connectivity index (χ1v) is 11.7. The Morgan fingerprint density at radius 2 is 2.12 bits per heavy atom. The molecule has 0 atom stereocenters. The van der Waals surface area contributed by atoms with E-state index in [2.05, 4.69) is 31.6 Å². The van der Waals surface area contributed by atoms with Gasteiger partial charge in [0.2, 0.25) is 0 Å². The SMILES string of the molecule is CCOc1cc(-c2ccc(N3CCC(NC(=O)C4(F)CC4)CC3)nc2)c2c3cn[nH]c3nn2c1. The van der Waals surface area contributed by atoms with E-state index in [0.29, 0.717) is 19.4 Å². The minimum absolute atomic E-state index is 0.0186. The number of fused-ring (bicyclic) bond motifs is 3. The van der Waals surface area contributed by atoms with E-state index in [9.17, 15) is 9.18 Å². The number of rotatable bonds is 6. The van der Waals surface area contributed by atoms with E-state index in [1.807, 2.05) is 36.0 Å². The van der Waals surface area contributed by atoms with Crippen LogP contribution in [0.25, 0.3) is 27.7 Å². The van der Waals surface area contributed by atoms with Gasteiger partial charge in [-0.05, 0) is 50.8 Å². The molecule has 5 heterocycles. The van der Waals surface area contributed by atoms with Gasteiger partial charge in [0.15, 0.2) is 11.3 Å². The molecular formula is C24H26FN7O2. The van der Waals surface area contributed by atoms with Crippen molar-refractivity contribution in [3.05, 3.63) is 36.8 Å². The fraction of sp³-hybridized carbons (Fsp3) is 0.417. The van der Waals surface area contributed by atoms with Gasteiger partial charge in [-0.2, -0.15) is 5.10 Å². The van der Waals surface area contributed by atoms with Crippen molar-refractivity contribution < 1.29 is 13.9 Å². The number of carbonyl (C=O) groups is 1. The monoisotopic (exact) mass is 463 g/mol. The summed E-state index contributed by atoms with van der Waals surface area (Å²) in [6.07, 6.45) is 7.76. The number of alkyl halides is 1. The Bertz CT molecular complexity index is 1350. The maximum absolute atomic E-state index is 13.9. The van der Waals surface area contributed by atoms with Crippen LogP contribution in [0.3, 0.4) is 0 Å². The lowest BCUT2D eigenvalue weighted by Crippen LogP contribution is -2.47. The Labute approximate surface area is 195 Å². The number of carbonyl (C=O) groups excluding carboxylic acids is 1. The summed E-state index contributed by atoms with van der Waals surface area (Å²) in [5.74, 6) is 1.18. The molecule has 4 aromatic heterocycles. The van der Waals surface area contributed by atoms with Crippen molar-refractivity contribution in [2.24, 2.45) is 0 Å². The predicted octanol–water partition coefficient (Wildman–Crippen LogP) is 3.26. The predicted molar refractivity (Wildman–Crippen MR) is 126 cm³/mol. The van der Waals surface area contributed by atoms with Crippen LogP contribution in [0.5, 0.6) is 5.75 Å². The molecule has 10 heteroatoms. The smallest absolute Gasteiger partial charge is 0.257 e. The number of hydrogen-bond donors (Lipinski definition) is 2. The molecule has 1 saturated heterocycles. The highest BCUT2D eigenvalue weighted by Crippen LogP contribution is 2.40. The van der Waals surface area contributed by atoms with Crippen LogP contribution in [0.4, 0.5) is 10.2 Å². The number of aromatic nitrogens is 5. The summed E-state index contributed by atoms with van der Waals surface area (Å²) in [6, 6.07) is 6.10. The Morgan fingerprint density at radius 3 is 2.82 bits per heavy atom. The number of hydrogen-bond acceptors (Lipinski definition) is 6. The van der Waals surface area contributed by atoms with Gasteiger partial charge in [0.05, 0.1) is 29.9 Å². The third kappa shape index (κ3) is 3.63. The quantitative estimate of drug-likeness (QED) is 0.455. The second-order valence-corrected chi connectivity index (χ2v) is 9.05. The van der Waals surface area contributed by atoms with Crippen molar-refractivity contribution in [2.45, 2.75) is 44.3 Å². The molecule has 6 rings (SSSR count). The van der Waals surface area contributed by atoms with Gasteiger partial charge in [0, 0.05) is 36.5 Å². The zero-order chi connectivity index (χ0) is 23.3. The topological polar surface area (TPSA) is 100 Å².